The van der Waals surface area contributed by atoms with Gasteiger partial charge in [-0.1, -0.05) is 13.8 Å². The van der Waals surface area contributed by atoms with E-state index in [9.17, 15) is 4.79 Å². The second kappa shape index (κ2) is 5.21. The van der Waals surface area contributed by atoms with Gasteiger partial charge in [-0.05, 0) is 43.0 Å². The van der Waals surface area contributed by atoms with Crippen molar-refractivity contribution in [1.29, 1.82) is 0 Å². The Morgan fingerprint density at radius 3 is 2.88 bits per heavy atom. The first-order valence-corrected chi connectivity index (χ1v) is 6.42. The molecule has 0 atom stereocenters. The summed E-state index contributed by atoms with van der Waals surface area (Å²) in [7, 11) is 0. The van der Waals surface area contributed by atoms with Gasteiger partial charge in [0.2, 0.25) is 0 Å². The number of rotatable bonds is 4. The van der Waals surface area contributed by atoms with E-state index in [1.807, 2.05) is 18.2 Å². The molecule has 0 aliphatic carbocycles. The lowest BCUT2D eigenvalue weighted by atomic mass is 10.1. The summed E-state index contributed by atoms with van der Waals surface area (Å²) in [6.07, 6.45) is 2.98. The molecule has 0 aromatic heterocycles. The van der Waals surface area contributed by atoms with Gasteiger partial charge in [-0.2, -0.15) is 0 Å². The number of benzene rings is 1. The highest BCUT2D eigenvalue weighted by Crippen LogP contribution is 2.23. The fourth-order valence-corrected chi connectivity index (χ4v) is 2.21. The second-order valence-electron chi connectivity index (χ2n) is 4.54. The molecule has 1 heterocycles. The molecule has 2 rings (SSSR count). The molecular formula is C14H20N2O. The average molecular weight is 232 g/mol. The zero-order valence-corrected chi connectivity index (χ0v) is 10.5. The number of amides is 1. The van der Waals surface area contributed by atoms with Gasteiger partial charge in [0.05, 0.1) is 0 Å². The van der Waals surface area contributed by atoms with Crippen molar-refractivity contribution in [2.24, 2.45) is 0 Å². The minimum absolute atomic E-state index is 0.0494. The lowest BCUT2D eigenvalue weighted by Gasteiger charge is -2.15. The number of anilines is 1. The van der Waals surface area contributed by atoms with Gasteiger partial charge in [0, 0.05) is 23.8 Å². The number of carbonyl (C=O) groups excluding carboxylic acids is 1. The Bertz CT molecular complexity index is 411. The highest BCUT2D eigenvalue weighted by atomic mass is 16.1. The third-order valence-electron chi connectivity index (χ3n) is 3.40. The van der Waals surface area contributed by atoms with Crippen LogP contribution >= 0.6 is 0 Å². The van der Waals surface area contributed by atoms with E-state index >= 15 is 0 Å². The van der Waals surface area contributed by atoms with Gasteiger partial charge in [-0.3, -0.25) is 4.79 Å². The van der Waals surface area contributed by atoms with Crippen molar-refractivity contribution in [3.8, 4) is 0 Å². The molecule has 1 amide bonds. The van der Waals surface area contributed by atoms with E-state index in [0.717, 1.165) is 31.4 Å². The number of hydrogen-bond acceptors (Lipinski definition) is 2. The predicted octanol–water partition coefficient (Wildman–Crippen LogP) is 2.57. The molecule has 3 heteroatoms. The molecule has 0 saturated heterocycles. The van der Waals surface area contributed by atoms with Crippen LogP contribution in [0.15, 0.2) is 18.2 Å². The van der Waals surface area contributed by atoms with Gasteiger partial charge < -0.3 is 10.6 Å². The molecule has 17 heavy (non-hydrogen) atoms. The highest BCUT2D eigenvalue weighted by molar-refractivity contribution is 5.95. The van der Waals surface area contributed by atoms with Gasteiger partial charge in [0.15, 0.2) is 0 Å². The van der Waals surface area contributed by atoms with E-state index in [2.05, 4.69) is 24.5 Å². The van der Waals surface area contributed by atoms with E-state index in [1.165, 1.54) is 11.3 Å². The van der Waals surface area contributed by atoms with Crippen LogP contribution in [0, 0.1) is 0 Å². The number of hydrogen-bond donors (Lipinski definition) is 2. The van der Waals surface area contributed by atoms with Crippen molar-refractivity contribution < 1.29 is 4.79 Å². The first kappa shape index (κ1) is 12.0. The third-order valence-corrected chi connectivity index (χ3v) is 3.40. The summed E-state index contributed by atoms with van der Waals surface area (Å²) in [5.41, 5.74) is 3.20. The molecule has 0 saturated carbocycles. The molecule has 0 spiro atoms. The van der Waals surface area contributed by atoms with Crippen LogP contribution in [-0.4, -0.2) is 18.5 Å². The van der Waals surface area contributed by atoms with Crippen molar-refractivity contribution in [3.63, 3.8) is 0 Å². The molecule has 1 aromatic rings. The van der Waals surface area contributed by atoms with E-state index < -0.39 is 0 Å². The van der Waals surface area contributed by atoms with E-state index in [-0.39, 0.29) is 11.9 Å². The number of carbonyl (C=O) groups is 1. The quantitative estimate of drug-likeness (QED) is 0.837. The predicted molar refractivity (Wildman–Crippen MR) is 70.5 cm³/mol. The molecule has 0 radical (unpaired) electrons. The van der Waals surface area contributed by atoms with Crippen LogP contribution in [0.1, 0.15) is 42.6 Å². The SMILES string of the molecule is CCC(CC)NC(=O)c1ccc2c(c1)CCN2. The van der Waals surface area contributed by atoms with Gasteiger partial charge >= 0.3 is 0 Å². The first-order chi connectivity index (χ1) is 8.24. The Morgan fingerprint density at radius 1 is 1.41 bits per heavy atom. The highest BCUT2D eigenvalue weighted by Gasteiger charge is 2.14. The summed E-state index contributed by atoms with van der Waals surface area (Å²) in [4.78, 5) is 12.0. The zero-order chi connectivity index (χ0) is 12.3. The molecule has 1 aromatic carbocycles. The molecule has 0 bridgehead atoms. The Labute approximate surface area is 103 Å². The van der Waals surface area contributed by atoms with Crippen LogP contribution in [0.2, 0.25) is 0 Å². The third kappa shape index (κ3) is 2.60. The molecular weight excluding hydrogens is 212 g/mol. The molecule has 2 N–H and O–H groups in total. The normalized spacial score (nSPS) is 13.4. The Balaban J connectivity index is 2.09. The fourth-order valence-electron chi connectivity index (χ4n) is 2.21. The molecule has 0 unspecified atom stereocenters. The monoisotopic (exact) mass is 232 g/mol. The van der Waals surface area contributed by atoms with Crippen LogP contribution in [0.5, 0.6) is 0 Å². The summed E-state index contributed by atoms with van der Waals surface area (Å²) in [5, 5.41) is 6.36. The van der Waals surface area contributed by atoms with Crippen LogP contribution in [0.4, 0.5) is 5.69 Å². The first-order valence-electron chi connectivity index (χ1n) is 6.42. The van der Waals surface area contributed by atoms with Crippen LogP contribution in [0.25, 0.3) is 0 Å². The molecule has 1 aliphatic rings. The summed E-state index contributed by atoms with van der Waals surface area (Å²) in [6, 6.07) is 6.19. The van der Waals surface area contributed by atoms with Gasteiger partial charge in [0.1, 0.15) is 0 Å². The van der Waals surface area contributed by atoms with Crippen LogP contribution in [0.3, 0.4) is 0 Å². The molecule has 92 valence electrons. The van der Waals surface area contributed by atoms with Crippen molar-refractivity contribution >= 4 is 11.6 Å². The minimum atomic E-state index is 0.0494. The van der Waals surface area contributed by atoms with Crippen LogP contribution < -0.4 is 10.6 Å². The van der Waals surface area contributed by atoms with Crippen LogP contribution in [-0.2, 0) is 6.42 Å². The maximum absolute atomic E-state index is 12.0. The van der Waals surface area contributed by atoms with Crippen molar-refractivity contribution in [2.75, 3.05) is 11.9 Å². The van der Waals surface area contributed by atoms with E-state index in [4.69, 9.17) is 0 Å². The van der Waals surface area contributed by atoms with Gasteiger partial charge in [-0.25, -0.2) is 0 Å². The summed E-state index contributed by atoms with van der Waals surface area (Å²) >= 11 is 0. The summed E-state index contributed by atoms with van der Waals surface area (Å²) in [6.45, 7) is 5.18. The Hall–Kier alpha value is -1.51. The van der Waals surface area contributed by atoms with E-state index in [1.54, 1.807) is 0 Å². The zero-order valence-electron chi connectivity index (χ0n) is 10.5. The molecule has 3 nitrogen and oxygen atoms in total. The number of nitrogens with one attached hydrogen (secondary N) is 2. The lowest BCUT2D eigenvalue weighted by molar-refractivity contribution is 0.0935. The smallest absolute Gasteiger partial charge is 0.251 e. The largest absolute Gasteiger partial charge is 0.384 e. The topological polar surface area (TPSA) is 41.1 Å². The lowest BCUT2D eigenvalue weighted by Crippen LogP contribution is -2.33. The van der Waals surface area contributed by atoms with Gasteiger partial charge in [-0.15, -0.1) is 0 Å². The fraction of sp³-hybridized carbons (Fsp3) is 0.500. The van der Waals surface area contributed by atoms with Crippen molar-refractivity contribution in [2.45, 2.75) is 39.2 Å². The number of fused-ring (bicyclic) bond motifs is 1. The maximum Gasteiger partial charge on any atom is 0.251 e. The maximum atomic E-state index is 12.0. The minimum Gasteiger partial charge on any atom is -0.384 e. The average Bonchev–Trinajstić information content (AvgIpc) is 2.82. The van der Waals surface area contributed by atoms with Gasteiger partial charge in [0.25, 0.3) is 5.91 Å². The van der Waals surface area contributed by atoms with Crippen molar-refractivity contribution in [1.82, 2.24) is 5.32 Å². The molecule has 1 aliphatic heterocycles. The summed E-state index contributed by atoms with van der Waals surface area (Å²) < 4.78 is 0. The Morgan fingerprint density at radius 2 is 2.18 bits per heavy atom. The summed E-state index contributed by atoms with van der Waals surface area (Å²) in [5.74, 6) is 0.0494. The van der Waals surface area contributed by atoms with E-state index in [0.29, 0.717) is 0 Å². The Kier molecular flexibility index (Phi) is 3.67. The molecule has 0 fully saturated rings. The second-order valence-corrected chi connectivity index (χ2v) is 4.54. The van der Waals surface area contributed by atoms with Crippen molar-refractivity contribution in [3.05, 3.63) is 29.3 Å². The standard InChI is InChI=1S/C14H20N2O/c1-3-12(4-2)16-14(17)11-5-6-13-10(9-11)7-8-15-13/h5-6,9,12,15H,3-4,7-8H2,1-2H3,(H,16,17).